The molecule has 29 heavy (non-hydrogen) atoms. The average molecular weight is 402 g/mol. The summed E-state index contributed by atoms with van der Waals surface area (Å²) in [5.74, 6) is -2.22. The number of hydrogen-bond donors (Lipinski definition) is 1. The minimum absolute atomic E-state index is 0.181. The first kappa shape index (κ1) is 20.8. The van der Waals surface area contributed by atoms with Crippen LogP contribution >= 0.6 is 0 Å². The summed E-state index contributed by atoms with van der Waals surface area (Å²) in [6, 6.07) is 6.27. The summed E-state index contributed by atoms with van der Waals surface area (Å²) in [4.78, 5) is 55.9. The minimum Gasteiger partial charge on any atom is -0.444 e. The number of hydroxylamine groups is 2. The Morgan fingerprint density at radius 1 is 0.966 bits per heavy atom. The van der Waals surface area contributed by atoms with Gasteiger partial charge in [0.2, 0.25) is 0 Å². The standard InChI is InChI=1S/C21H26N2O6/c1-20(2,3)28-19(27)22-21(12-8-4-5-9-13-21)18(26)29-23-16(24)14-10-6-7-11-15(14)17(23)25/h6-7,10-11H,4-5,8-9,12-13H2,1-3H3,(H,22,27). The van der Waals surface area contributed by atoms with E-state index in [0.717, 1.165) is 12.8 Å². The lowest BCUT2D eigenvalue weighted by molar-refractivity contribution is -0.177. The van der Waals surface area contributed by atoms with Crippen LogP contribution in [-0.4, -0.2) is 40.1 Å². The second kappa shape index (κ2) is 7.85. The van der Waals surface area contributed by atoms with Gasteiger partial charge >= 0.3 is 12.1 Å². The zero-order chi connectivity index (χ0) is 21.2. The SMILES string of the molecule is CC(C)(C)OC(=O)NC1(C(=O)ON2C(=O)c3ccccc3C2=O)CCCCCC1. The molecular weight excluding hydrogens is 376 g/mol. The van der Waals surface area contributed by atoms with E-state index in [4.69, 9.17) is 9.57 Å². The number of fused-ring (bicyclic) bond motifs is 1. The topological polar surface area (TPSA) is 102 Å². The summed E-state index contributed by atoms with van der Waals surface area (Å²) in [5.41, 5.74) is -1.73. The van der Waals surface area contributed by atoms with Crippen LogP contribution in [0.15, 0.2) is 24.3 Å². The van der Waals surface area contributed by atoms with Gasteiger partial charge in [0.25, 0.3) is 11.8 Å². The van der Waals surface area contributed by atoms with Gasteiger partial charge in [-0.2, -0.15) is 0 Å². The minimum atomic E-state index is -1.35. The van der Waals surface area contributed by atoms with Gasteiger partial charge in [-0.3, -0.25) is 9.59 Å². The van der Waals surface area contributed by atoms with E-state index in [1.807, 2.05) is 0 Å². The van der Waals surface area contributed by atoms with E-state index in [-0.39, 0.29) is 11.1 Å². The van der Waals surface area contributed by atoms with Gasteiger partial charge in [-0.15, -0.1) is 0 Å². The highest BCUT2D eigenvalue weighted by Crippen LogP contribution is 2.31. The van der Waals surface area contributed by atoms with Crippen LogP contribution < -0.4 is 5.32 Å². The molecule has 0 radical (unpaired) electrons. The van der Waals surface area contributed by atoms with Crippen molar-refractivity contribution >= 4 is 23.9 Å². The number of hydrogen-bond acceptors (Lipinski definition) is 6. The van der Waals surface area contributed by atoms with Crippen molar-refractivity contribution in [2.75, 3.05) is 0 Å². The number of nitrogens with one attached hydrogen (secondary N) is 1. The third kappa shape index (κ3) is 4.41. The largest absolute Gasteiger partial charge is 0.444 e. The molecule has 1 aromatic rings. The highest BCUT2D eigenvalue weighted by Gasteiger charge is 2.47. The van der Waals surface area contributed by atoms with Crippen LogP contribution in [0.2, 0.25) is 0 Å². The molecule has 8 heteroatoms. The van der Waals surface area contributed by atoms with E-state index in [1.54, 1.807) is 32.9 Å². The lowest BCUT2D eigenvalue weighted by Crippen LogP contribution is -2.57. The number of carbonyl (C=O) groups is 4. The molecule has 0 spiro atoms. The highest BCUT2D eigenvalue weighted by atomic mass is 16.7. The molecule has 2 aliphatic rings. The fourth-order valence-electron chi connectivity index (χ4n) is 3.63. The number of amides is 3. The zero-order valence-electron chi connectivity index (χ0n) is 16.9. The molecule has 1 aliphatic heterocycles. The molecule has 1 N–H and O–H groups in total. The zero-order valence-corrected chi connectivity index (χ0v) is 16.9. The Bertz CT molecular complexity index is 799. The molecule has 8 nitrogen and oxygen atoms in total. The van der Waals surface area contributed by atoms with E-state index in [9.17, 15) is 19.2 Å². The van der Waals surface area contributed by atoms with Crippen LogP contribution in [0.5, 0.6) is 0 Å². The molecule has 1 heterocycles. The molecule has 3 amide bonds. The Morgan fingerprint density at radius 2 is 1.48 bits per heavy atom. The number of benzene rings is 1. The molecule has 0 atom stereocenters. The van der Waals surface area contributed by atoms with Crippen molar-refractivity contribution in [2.24, 2.45) is 0 Å². The maximum Gasteiger partial charge on any atom is 0.408 e. The fourth-order valence-corrected chi connectivity index (χ4v) is 3.63. The Kier molecular flexibility index (Phi) is 5.64. The number of ether oxygens (including phenoxy) is 1. The average Bonchev–Trinajstić information content (AvgIpc) is 2.81. The van der Waals surface area contributed by atoms with Gasteiger partial charge in [0.1, 0.15) is 11.1 Å². The Balaban J connectivity index is 1.81. The number of rotatable bonds is 3. The van der Waals surface area contributed by atoms with Crippen molar-refractivity contribution in [1.82, 2.24) is 10.4 Å². The summed E-state index contributed by atoms with van der Waals surface area (Å²) in [6.07, 6.45) is 3.18. The van der Waals surface area contributed by atoms with E-state index < -0.39 is 35.0 Å². The Labute approximate surface area is 169 Å². The van der Waals surface area contributed by atoms with Crippen LogP contribution in [0.1, 0.15) is 80.0 Å². The molecule has 3 rings (SSSR count). The molecule has 0 bridgehead atoms. The third-order valence-corrected chi connectivity index (χ3v) is 5.02. The second-order valence-corrected chi connectivity index (χ2v) is 8.45. The van der Waals surface area contributed by atoms with Crippen molar-refractivity contribution in [3.63, 3.8) is 0 Å². The Morgan fingerprint density at radius 3 is 1.97 bits per heavy atom. The van der Waals surface area contributed by atoms with Gasteiger partial charge in [0.05, 0.1) is 11.1 Å². The number of carbonyl (C=O) groups excluding carboxylic acids is 4. The van der Waals surface area contributed by atoms with E-state index >= 15 is 0 Å². The first-order valence-corrected chi connectivity index (χ1v) is 9.84. The van der Waals surface area contributed by atoms with Gasteiger partial charge in [0, 0.05) is 0 Å². The number of imide groups is 1. The molecule has 1 aliphatic carbocycles. The maximum absolute atomic E-state index is 13.1. The van der Waals surface area contributed by atoms with Crippen molar-refractivity contribution in [2.45, 2.75) is 70.4 Å². The summed E-state index contributed by atoms with van der Waals surface area (Å²) >= 11 is 0. The lowest BCUT2D eigenvalue weighted by atomic mass is 9.90. The predicted molar refractivity (Wildman–Crippen MR) is 103 cm³/mol. The molecule has 156 valence electrons. The quantitative estimate of drug-likeness (QED) is 0.614. The highest BCUT2D eigenvalue weighted by molar-refractivity contribution is 6.21. The van der Waals surface area contributed by atoms with Crippen LogP contribution in [-0.2, 0) is 14.4 Å². The smallest absolute Gasteiger partial charge is 0.408 e. The van der Waals surface area contributed by atoms with Gasteiger partial charge in [-0.1, -0.05) is 42.9 Å². The van der Waals surface area contributed by atoms with Crippen molar-refractivity contribution in [3.8, 4) is 0 Å². The van der Waals surface area contributed by atoms with Crippen molar-refractivity contribution in [3.05, 3.63) is 35.4 Å². The van der Waals surface area contributed by atoms with Crippen molar-refractivity contribution in [1.29, 1.82) is 0 Å². The maximum atomic E-state index is 13.1. The van der Waals surface area contributed by atoms with E-state index in [2.05, 4.69) is 5.32 Å². The molecule has 1 aromatic carbocycles. The number of alkyl carbamates (subject to hydrolysis) is 1. The monoisotopic (exact) mass is 402 g/mol. The molecule has 1 fully saturated rings. The first-order chi connectivity index (χ1) is 13.6. The van der Waals surface area contributed by atoms with Gasteiger partial charge in [-0.05, 0) is 45.7 Å². The van der Waals surface area contributed by atoms with E-state index in [1.165, 1.54) is 12.1 Å². The van der Waals surface area contributed by atoms with Crippen LogP contribution in [0.3, 0.4) is 0 Å². The predicted octanol–water partition coefficient (Wildman–Crippen LogP) is 3.36. The Hall–Kier alpha value is -2.90. The van der Waals surface area contributed by atoms with E-state index in [0.29, 0.717) is 30.7 Å². The normalized spacial score (nSPS) is 18.7. The fraction of sp³-hybridized carbons (Fsp3) is 0.524. The van der Waals surface area contributed by atoms with Crippen molar-refractivity contribution < 1.29 is 28.8 Å². The number of nitrogens with zero attached hydrogens (tertiary/aromatic N) is 1. The second-order valence-electron chi connectivity index (χ2n) is 8.45. The molecule has 0 saturated heterocycles. The van der Waals surface area contributed by atoms with Crippen LogP contribution in [0.4, 0.5) is 4.79 Å². The summed E-state index contributed by atoms with van der Waals surface area (Å²) in [5, 5.41) is 3.15. The summed E-state index contributed by atoms with van der Waals surface area (Å²) in [7, 11) is 0. The molecular formula is C21H26N2O6. The third-order valence-electron chi connectivity index (χ3n) is 5.02. The van der Waals surface area contributed by atoms with Gasteiger partial charge in [-0.25, -0.2) is 9.59 Å². The lowest BCUT2D eigenvalue weighted by Gasteiger charge is -2.33. The van der Waals surface area contributed by atoms with Gasteiger partial charge in [0.15, 0.2) is 0 Å². The summed E-state index contributed by atoms with van der Waals surface area (Å²) in [6.45, 7) is 5.18. The summed E-state index contributed by atoms with van der Waals surface area (Å²) < 4.78 is 5.31. The van der Waals surface area contributed by atoms with Crippen LogP contribution in [0.25, 0.3) is 0 Å². The first-order valence-electron chi connectivity index (χ1n) is 9.84. The molecule has 0 aromatic heterocycles. The molecule has 0 unspecified atom stereocenters. The van der Waals surface area contributed by atoms with Crippen LogP contribution in [0, 0.1) is 0 Å². The molecule has 1 saturated carbocycles. The van der Waals surface area contributed by atoms with Gasteiger partial charge < -0.3 is 14.9 Å².